The zero-order valence-electron chi connectivity index (χ0n) is 16.5. The first kappa shape index (κ1) is 20.6. The largest absolute Gasteiger partial charge is 0.378 e. The van der Waals surface area contributed by atoms with Crippen molar-refractivity contribution in [1.82, 2.24) is 4.31 Å². The van der Waals surface area contributed by atoms with Gasteiger partial charge in [0, 0.05) is 44.9 Å². The van der Waals surface area contributed by atoms with Gasteiger partial charge in [0.25, 0.3) is 0 Å². The maximum atomic E-state index is 13.0. The molecule has 1 aliphatic rings. The summed E-state index contributed by atoms with van der Waals surface area (Å²) in [6.07, 6.45) is 3.48. The lowest BCUT2D eigenvalue weighted by atomic mass is 10.2. The number of benzene rings is 2. The first-order chi connectivity index (χ1) is 13.4. The van der Waals surface area contributed by atoms with Crippen molar-refractivity contribution < 1.29 is 13.2 Å². The second-order valence-corrected chi connectivity index (χ2v) is 9.07. The first-order valence-electron chi connectivity index (χ1n) is 9.55. The number of ether oxygens (including phenoxy) is 1. The van der Waals surface area contributed by atoms with Gasteiger partial charge < -0.3 is 9.64 Å². The average Bonchev–Trinajstić information content (AvgIpc) is 3.20. The Bertz CT molecular complexity index is 872. The molecular formula is C22H28N2O3S. The zero-order valence-corrected chi connectivity index (χ0v) is 17.3. The van der Waals surface area contributed by atoms with Gasteiger partial charge in [-0.15, -0.1) is 0 Å². The maximum absolute atomic E-state index is 13.0. The number of rotatable bonds is 8. The van der Waals surface area contributed by atoms with Crippen LogP contribution in [0.5, 0.6) is 0 Å². The third-order valence-electron chi connectivity index (χ3n) is 4.83. The zero-order chi connectivity index (χ0) is 20.0. The van der Waals surface area contributed by atoms with E-state index in [4.69, 9.17) is 4.74 Å². The minimum absolute atomic E-state index is 0.0408. The molecule has 3 rings (SSSR count). The molecule has 0 amide bonds. The normalized spacial score (nSPS) is 17.5. The van der Waals surface area contributed by atoms with Gasteiger partial charge in [0.1, 0.15) is 0 Å². The van der Waals surface area contributed by atoms with Gasteiger partial charge in [-0.05, 0) is 42.2 Å². The highest BCUT2D eigenvalue weighted by molar-refractivity contribution is 7.92. The van der Waals surface area contributed by atoms with Crippen LogP contribution < -0.4 is 4.90 Å². The molecule has 150 valence electrons. The molecule has 0 radical (unpaired) electrons. The second kappa shape index (κ2) is 9.37. The fraction of sp³-hybridized carbons (Fsp3) is 0.364. The second-order valence-electron chi connectivity index (χ2n) is 7.25. The topological polar surface area (TPSA) is 49.9 Å². The van der Waals surface area contributed by atoms with Crippen LogP contribution in [0.25, 0.3) is 6.08 Å². The molecule has 2 aromatic carbocycles. The van der Waals surface area contributed by atoms with Gasteiger partial charge in [-0.3, -0.25) is 0 Å². The minimum atomic E-state index is -3.57. The Kier molecular flexibility index (Phi) is 6.88. The van der Waals surface area contributed by atoms with Crippen LogP contribution in [-0.4, -0.2) is 46.1 Å². The summed E-state index contributed by atoms with van der Waals surface area (Å²) >= 11 is 0. The summed E-state index contributed by atoms with van der Waals surface area (Å²) in [6.45, 7) is 1.40. The van der Waals surface area contributed by atoms with Crippen molar-refractivity contribution >= 4 is 21.8 Å². The van der Waals surface area contributed by atoms with Crippen LogP contribution in [0, 0.1) is 0 Å². The van der Waals surface area contributed by atoms with E-state index in [2.05, 4.69) is 0 Å². The Hall–Kier alpha value is -2.15. The van der Waals surface area contributed by atoms with Crippen molar-refractivity contribution in [2.75, 3.05) is 32.1 Å². The SMILES string of the molecule is CN(C)c1ccc(CN(C[C@H]2CCCO2)S(=O)(=O)/C=C/c2ccccc2)cc1. The molecule has 1 aliphatic heterocycles. The summed E-state index contributed by atoms with van der Waals surface area (Å²) in [5.41, 5.74) is 2.90. The van der Waals surface area contributed by atoms with Gasteiger partial charge in [-0.2, -0.15) is 4.31 Å². The lowest BCUT2D eigenvalue weighted by molar-refractivity contribution is 0.0929. The predicted molar refractivity (Wildman–Crippen MR) is 115 cm³/mol. The van der Waals surface area contributed by atoms with Crippen LogP contribution >= 0.6 is 0 Å². The maximum Gasteiger partial charge on any atom is 0.236 e. The fourth-order valence-electron chi connectivity index (χ4n) is 3.19. The van der Waals surface area contributed by atoms with Gasteiger partial charge in [-0.1, -0.05) is 42.5 Å². The highest BCUT2D eigenvalue weighted by atomic mass is 32.2. The monoisotopic (exact) mass is 400 g/mol. The molecule has 1 heterocycles. The highest BCUT2D eigenvalue weighted by Gasteiger charge is 2.26. The Morgan fingerprint density at radius 1 is 1.07 bits per heavy atom. The quantitative estimate of drug-likeness (QED) is 0.677. The predicted octanol–water partition coefficient (Wildman–Crippen LogP) is 3.73. The number of anilines is 1. The Morgan fingerprint density at radius 3 is 2.39 bits per heavy atom. The van der Waals surface area contributed by atoms with E-state index in [1.54, 1.807) is 6.08 Å². The molecule has 0 N–H and O–H groups in total. The van der Waals surface area contributed by atoms with E-state index in [1.807, 2.05) is 73.6 Å². The van der Waals surface area contributed by atoms with Crippen LogP contribution in [0.4, 0.5) is 5.69 Å². The molecule has 6 heteroatoms. The van der Waals surface area contributed by atoms with Gasteiger partial charge in [0.15, 0.2) is 0 Å². The molecule has 0 aliphatic carbocycles. The number of hydrogen-bond acceptors (Lipinski definition) is 4. The van der Waals surface area contributed by atoms with E-state index in [-0.39, 0.29) is 6.10 Å². The number of sulfonamides is 1. The molecule has 0 spiro atoms. The molecule has 0 saturated carbocycles. The molecule has 2 aromatic rings. The standard InChI is InChI=1S/C22H28N2O3S/c1-23(2)21-12-10-20(11-13-21)17-24(18-22-9-6-15-27-22)28(25,26)16-14-19-7-4-3-5-8-19/h3-5,7-8,10-14,16,22H,6,9,15,17-18H2,1-2H3/b16-14+/t22-/m1/s1. The van der Waals surface area contributed by atoms with Crippen molar-refractivity contribution in [2.24, 2.45) is 0 Å². The van der Waals surface area contributed by atoms with Gasteiger partial charge in [-0.25, -0.2) is 8.42 Å². The summed E-state index contributed by atoms with van der Waals surface area (Å²) in [4.78, 5) is 2.02. The van der Waals surface area contributed by atoms with Gasteiger partial charge in [0.2, 0.25) is 10.0 Å². The van der Waals surface area contributed by atoms with Crippen molar-refractivity contribution in [3.63, 3.8) is 0 Å². The van der Waals surface area contributed by atoms with Crippen LogP contribution in [0.3, 0.4) is 0 Å². The Balaban J connectivity index is 1.79. The van der Waals surface area contributed by atoms with E-state index in [0.717, 1.165) is 29.7 Å². The molecule has 1 saturated heterocycles. The lowest BCUT2D eigenvalue weighted by Gasteiger charge is -2.24. The van der Waals surface area contributed by atoms with Crippen molar-refractivity contribution in [2.45, 2.75) is 25.5 Å². The van der Waals surface area contributed by atoms with Crippen LogP contribution in [0.2, 0.25) is 0 Å². The first-order valence-corrected chi connectivity index (χ1v) is 11.1. The van der Waals surface area contributed by atoms with Crippen LogP contribution in [0.1, 0.15) is 24.0 Å². The van der Waals surface area contributed by atoms with Crippen LogP contribution in [0.15, 0.2) is 60.0 Å². The lowest BCUT2D eigenvalue weighted by Crippen LogP contribution is -2.35. The van der Waals surface area contributed by atoms with Crippen molar-refractivity contribution in [1.29, 1.82) is 0 Å². The number of nitrogens with zero attached hydrogens (tertiary/aromatic N) is 2. The van der Waals surface area contributed by atoms with E-state index in [1.165, 1.54) is 9.71 Å². The van der Waals surface area contributed by atoms with E-state index in [0.29, 0.717) is 19.7 Å². The molecule has 5 nitrogen and oxygen atoms in total. The molecule has 0 unspecified atom stereocenters. The third-order valence-corrected chi connectivity index (χ3v) is 6.31. The van der Waals surface area contributed by atoms with Crippen molar-refractivity contribution in [3.05, 3.63) is 71.1 Å². The third kappa shape index (κ3) is 5.67. The smallest absolute Gasteiger partial charge is 0.236 e. The summed E-state index contributed by atoms with van der Waals surface area (Å²) in [6, 6.07) is 17.4. The van der Waals surface area contributed by atoms with Gasteiger partial charge in [0.05, 0.1) is 6.10 Å². The number of hydrogen-bond donors (Lipinski definition) is 0. The van der Waals surface area contributed by atoms with Crippen molar-refractivity contribution in [3.8, 4) is 0 Å². The molecule has 0 aromatic heterocycles. The molecule has 1 fully saturated rings. The fourth-order valence-corrected chi connectivity index (χ4v) is 4.40. The molecule has 0 bridgehead atoms. The Morgan fingerprint density at radius 2 is 1.79 bits per heavy atom. The van der Waals surface area contributed by atoms with E-state index >= 15 is 0 Å². The molecular weight excluding hydrogens is 372 g/mol. The highest BCUT2D eigenvalue weighted by Crippen LogP contribution is 2.20. The summed E-state index contributed by atoms with van der Waals surface area (Å²) < 4.78 is 33.3. The van der Waals surface area contributed by atoms with Crippen LogP contribution in [-0.2, 0) is 21.3 Å². The van der Waals surface area contributed by atoms with E-state index < -0.39 is 10.0 Å². The van der Waals surface area contributed by atoms with E-state index in [9.17, 15) is 8.42 Å². The van der Waals surface area contributed by atoms with Gasteiger partial charge >= 0.3 is 0 Å². The average molecular weight is 401 g/mol. The summed E-state index contributed by atoms with van der Waals surface area (Å²) in [5.74, 6) is 0. The Labute approximate surface area is 168 Å². The summed E-state index contributed by atoms with van der Waals surface area (Å²) in [5, 5.41) is 1.30. The minimum Gasteiger partial charge on any atom is -0.378 e. The molecule has 1 atom stereocenters. The summed E-state index contributed by atoms with van der Waals surface area (Å²) in [7, 11) is 0.397. The molecule has 28 heavy (non-hydrogen) atoms.